The van der Waals surface area contributed by atoms with Crippen LogP contribution < -0.4 is 0 Å². The van der Waals surface area contributed by atoms with Crippen molar-refractivity contribution in [2.45, 2.75) is 44.9 Å². The van der Waals surface area contributed by atoms with Gasteiger partial charge in [0, 0.05) is 0 Å². The van der Waals surface area contributed by atoms with E-state index in [1.807, 2.05) is 5.92 Å². The van der Waals surface area contributed by atoms with Gasteiger partial charge in [-0.25, -0.2) is 0 Å². The van der Waals surface area contributed by atoms with Gasteiger partial charge in [0.2, 0.25) is 0 Å². The summed E-state index contributed by atoms with van der Waals surface area (Å²) in [7, 11) is 0. The first-order chi connectivity index (χ1) is 4.47. The molecular weight excluding hydrogens is 108 g/mol. The zero-order chi connectivity index (χ0) is 6.10. The minimum absolute atomic E-state index is 1.10. The molecule has 0 spiro atoms. The summed E-state index contributed by atoms with van der Waals surface area (Å²) in [6.45, 7) is 0. The molecule has 0 aromatic rings. The van der Waals surface area contributed by atoms with Gasteiger partial charge in [-0.3, -0.25) is 0 Å². The maximum atomic E-state index is 1.92. The van der Waals surface area contributed by atoms with Crippen LogP contribution in [0.15, 0.2) is 0 Å². The predicted molar refractivity (Wildman–Crippen MR) is 39.1 cm³/mol. The zero-order valence-electron chi connectivity index (χ0n) is 6.03. The van der Waals surface area contributed by atoms with Gasteiger partial charge in [0.25, 0.3) is 0 Å². The van der Waals surface area contributed by atoms with Crippen LogP contribution in [0.3, 0.4) is 0 Å². The van der Waals surface area contributed by atoms with Crippen LogP contribution in [-0.2, 0) is 0 Å². The van der Waals surface area contributed by atoms with Crippen LogP contribution in [0.4, 0.5) is 0 Å². The average molecular weight is 123 g/mol. The Kier molecular flexibility index (Phi) is 1.48. The van der Waals surface area contributed by atoms with Gasteiger partial charge in [0.1, 0.15) is 0 Å². The molecule has 0 bridgehead atoms. The first-order valence-corrected chi connectivity index (χ1v) is 4.31. The van der Waals surface area contributed by atoms with Crippen LogP contribution in [0.1, 0.15) is 44.9 Å². The highest BCUT2D eigenvalue weighted by atomic mass is 14.4. The zero-order valence-corrected chi connectivity index (χ0v) is 6.03. The lowest BCUT2D eigenvalue weighted by molar-refractivity contribution is 0.496. The molecule has 0 unspecified atom stereocenters. The van der Waals surface area contributed by atoms with Gasteiger partial charge in [0.05, 0.1) is 0 Å². The molecule has 2 rings (SSSR count). The summed E-state index contributed by atoms with van der Waals surface area (Å²) >= 11 is 0. The van der Waals surface area contributed by atoms with E-state index in [0.717, 1.165) is 5.92 Å². The normalized spacial score (nSPS) is 30.7. The lowest BCUT2D eigenvalue weighted by atomic mass is 9.86. The molecule has 0 aromatic heterocycles. The maximum Gasteiger partial charge on any atom is -0.0210 e. The molecule has 0 heteroatoms. The van der Waals surface area contributed by atoms with Gasteiger partial charge in [0.15, 0.2) is 0 Å². The molecule has 0 amide bonds. The highest BCUT2D eigenvalue weighted by Gasteiger charge is 2.31. The summed E-state index contributed by atoms with van der Waals surface area (Å²) in [5.74, 6) is 3.02. The van der Waals surface area contributed by atoms with E-state index in [9.17, 15) is 0 Å². The summed E-state index contributed by atoms with van der Waals surface area (Å²) in [5.41, 5.74) is 0. The van der Waals surface area contributed by atoms with Crippen LogP contribution in [0, 0.1) is 11.8 Å². The van der Waals surface area contributed by atoms with Crippen molar-refractivity contribution in [3.05, 3.63) is 5.92 Å². The maximum absolute atomic E-state index is 1.92. The van der Waals surface area contributed by atoms with Gasteiger partial charge < -0.3 is 0 Å². The van der Waals surface area contributed by atoms with Crippen LogP contribution in [0.25, 0.3) is 0 Å². The standard InChI is InChI=1S/C9H15/c1-2-4-8(5-3-1)9-6-7-9/h9H,1-7H2. The molecule has 2 fully saturated rings. The number of hydrogen-bond acceptors (Lipinski definition) is 0. The van der Waals surface area contributed by atoms with Crippen molar-refractivity contribution in [2.75, 3.05) is 0 Å². The van der Waals surface area contributed by atoms with Crippen LogP contribution in [-0.4, -0.2) is 0 Å². The van der Waals surface area contributed by atoms with E-state index >= 15 is 0 Å². The fraction of sp³-hybridized carbons (Fsp3) is 0.889. The lowest BCUT2D eigenvalue weighted by Crippen LogP contribution is -2.04. The Morgan fingerprint density at radius 2 is 1.56 bits per heavy atom. The smallest absolute Gasteiger partial charge is 0.0210 e. The van der Waals surface area contributed by atoms with Crippen molar-refractivity contribution in [3.63, 3.8) is 0 Å². The van der Waals surface area contributed by atoms with Crippen molar-refractivity contribution in [2.24, 2.45) is 5.92 Å². The molecule has 0 nitrogen and oxygen atoms in total. The molecule has 9 heavy (non-hydrogen) atoms. The highest BCUT2D eigenvalue weighted by Crippen LogP contribution is 2.45. The molecular formula is C9H15. The third kappa shape index (κ3) is 1.28. The van der Waals surface area contributed by atoms with Gasteiger partial charge in [-0.15, -0.1) is 0 Å². The van der Waals surface area contributed by atoms with E-state index in [0.29, 0.717) is 0 Å². The van der Waals surface area contributed by atoms with Gasteiger partial charge in [-0.05, 0) is 37.5 Å². The van der Waals surface area contributed by atoms with Crippen molar-refractivity contribution in [3.8, 4) is 0 Å². The average Bonchev–Trinajstić information content (AvgIpc) is 2.71. The number of hydrogen-bond donors (Lipinski definition) is 0. The largest absolute Gasteiger partial charge is 0.0533 e. The molecule has 2 saturated carbocycles. The fourth-order valence-corrected chi connectivity index (χ4v) is 1.91. The van der Waals surface area contributed by atoms with Crippen molar-refractivity contribution in [1.82, 2.24) is 0 Å². The summed E-state index contributed by atoms with van der Waals surface area (Å²) in [5, 5.41) is 0. The fourth-order valence-electron chi connectivity index (χ4n) is 1.91. The summed E-state index contributed by atoms with van der Waals surface area (Å²) < 4.78 is 0. The predicted octanol–water partition coefficient (Wildman–Crippen LogP) is 2.93. The first-order valence-electron chi connectivity index (χ1n) is 4.31. The Bertz CT molecular complexity index is 86.2. The van der Waals surface area contributed by atoms with Gasteiger partial charge >= 0.3 is 0 Å². The Hall–Kier alpha value is 0. The second-order valence-corrected chi connectivity index (χ2v) is 3.49. The molecule has 0 saturated heterocycles. The van der Waals surface area contributed by atoms with Crippen LogP contribution in [0.5, 0.6) is 0 Å². The SMILES string of the molecule is C1CC[C](C2CC2)CC1. The minimum atomic E-state index is 1.10. The van der Waals surface area contributed by atoms with Crippen LogP contribution in [0.2, 0.25) is 0 Å². The summed E-state index contributed by atoms with van der Waals surface area (Å²) in [4.78, 5) is 0. The topological polar surface area (TPSA) is 0 Å². The summed E-state index contributed by atoms with van der Waals surface area (Å²) in [6, 6.07) is 0. The van der Waals surface area contributed by atoms with Crippen molar-refractivity contribution in [1.29, 1.82) is 0 Å². The Labute approximate surface area is 57.6 Å². The van der Waals surface area contributed by atoms with Gasteiger partial charge in [-0.1, -0.05) is 19.3 Å². The van der Waals surface area contributed by atoms with Crippen molar-refractivity contribution < 1.29 is 0 Å². The van der Waals surface area contributed by atoms with Crippen molar-refractivity contribution >= 4 is 0 Å². The third-order valence-electron chi connectivity index (χ3n) is 2.65. The molecule has 0 aromatic carbocycles. The minimum Gasteiger partial charge on any atom is -0.0533 e. The Morgan fingerprint density at radius 1 is 0.889 bits per heavy atom. The highest BCUT2D eigenvalue weighted by molar-refractivity contribution is 5.04. The summed E-state index contributed by atoms with van der Waals surface area (Å²) in [6.07, 6.45) is 10.5. The lowest BCUT2D eigenvalue weighted by Gasteiger charge is -2.19. The second-order valence-electron chi connectivity index (χ2n) is 3.49. The number of rotatable bonds is 1. The van der Waals surface area contributed by atoms with E-state index in [1.165, 1.54) is 44.9 Å². The molecule has 1 radical (unpaired) electrons. The molecule has 0 atom stereocenters. The molecule has 2 aliphatic carbocycles. The van der Waals surface area contributed by atoms with Gasteiger partial charge in [-0.2, -0.15) is 0 Å². The molecule has 0 aliphatic heterocycles. The molecule has 51 valence electrons. The van der Waals surface area contributed by atoms with E-state index in [1.54, 1.807) is 0 Å². The first kappa shape index (κ1) is 5.76. The molecule has 2 aliphatic rings. The van der Waals surface area contributed by atoms with E-state index < -0.39 is 0 Å². The quantitative estimate of drug-likeness (QED) is 0.503. The monoisotopic (exact) mass is 123 g/mol. The molecule has 0 heterocycles. The molecule has 0 N–H and O–H groups in total. The second kappa shape index (κ2) is 2.32. The Balaban J connectivity index is 1.80. The van der Waals surface area contributed by atoms with E-state index in [-0.39, 0.29) is 0 Å². The van der Waals surface area contributed by atoms with Crippen LogP contribution >= 0.6 is 0 Å². The van der Waals surface area contributed by atoms with E-state index in [2.05, 4.69) is 0 Å². The Morgan fingerprint density at radius 3 is 2.11 bits per heavy atom. The van der Waals surface area contributed by atoms with E-state index in [4.69, 9.17) is 0 Å². The third-order valence-corrected chi connectivity index (χ3v) is 2.65.